The van der Waals surface area contributed by atoms with E-state index in [2.05, 4.69) is 26.5 Å². The molecule has 2 aromatic rings. The highest BCUT2D eigenvalue weighted by Crippen LogP contribution is 2.36. The number of nitro groups is 1. The van der Waals surface area contributed by atoms with Gasteiger partial charge in [0.05, 0.1) is 42.0 Å². The Hall–Kier alpha value is -3.14. The number of hydrogen-bond acceptors (Lipinski definition) is 7. The number of nitrogens with one attached hydrogen (secondary N) is 1. The van der Waals surface area contributed by atoms with Crippen molar-refractivity contribution in [2.75, 3.05) is 20.8 Å². The second-order valence-electron chi connectivity index (χ2n) is 5.31. The monoisotopic (exact) mass is 451 g/mol. The van der Waals surface area contributed by atoms with E-state index in [1.807, 2.05) is 6.92 Å². The number of halogens is 1. The molecule has 2 rings (SSSR count). The summed E-state index contributed by atoms with van der Waals surface area (Å²) in [7, 11) is 2.90. The second kappa shape index (κ2) is 9.70. The molecule has 0 saturated carbocycles. The molecule has 0 aliphatic rings. The van der Waals surface area contributed by atoms with E-state index in [0.29, 0.717) is 28.1 Å². The van der Waals surface area contributed by atoms with E-state index < -0.39 is 10.8 Å². The number of hydrogen-bond donors (Lipinski definition) is 1. The molecule has 0 saturated heterocycles. The van der Waals surface area contributed by atoms with E-state index in [-0.39, 0.29) is 17.0 Å². The molecular formula is C18H18BrN3O6. The third-order valence-corrected chi connectivity index (χ3v) is 4.14. The van der Waals surface area contributed by atoms with Gasteiger partial charge in [-0.3, -0.25) is 14.9 Å². The van der Waals surface area contributed by atoms with Crippen LogP contribution in [0.4, 0.5) is 5.69 Å². The Morgan fingerprint density at radius 3 is 2.61 bits per heavy atom. The Morgan fingerprint density at radius 1 is 1.25 bits per heavy atom. The Balaban J connectivity index is 2.22. The van der Waals surface area contributed by atoms with Gasteiger partial charge in [0.2, 0.25) is 0 Å². The molecule has 0 atom stereocenters. The number of nitrogens with zero attached hydrogens (tertiary/aromatic N) is 2. The molecular weight excluding hydrogens is 434 g/mol. The van der Waals surface area contributed by atoms with Crippen LogP contribution in [-0.4, -0.2) is 37.9 Å². The van der Waals surface area contributed by atoms with Gasteiger partial charge < -0.3 is 14.2 Å². The minimum Gasteiger partial charge on any atom is -0.496 e. The summed E-state index contributed by atoms with van der Waals surface area (Å²) < 4.78 is 16.6. The average Bonchev–Trinajstić information content (AvgIpc) is 2.67. The number of nitro benzene ring substituents is 1. The number of non-ortho nitro benzene ring substituents is 1. The maximum atomic E-state index is 12.3. The van der Waals surface area contributed by atoms with Crippen LogP contribution in [0.1, 0.15) is 22.8 Å². The zero-order chi connectivity index (χ0) is 20.7. The molecule has 2 aromatic carbocycles. The fourth-order valence-electron chi connectivity index (χ4n) is 2.34. The summed E-state index contributed by atoms with van der Waals surface area (Å²) >= 11 is 3.39. The zero-order valence-corrected chi connectivity index (χ0v) is 17.0. The molecule has 9 nitrogen and oxygen atoms in total. The third-order valence-electron chi connectivity index (χ3n) is 3.55. The summed E-state index contributed by atoms with van der Waals surface area (Å²) in [5, 5.41) is 14.8. The van der Waals surface area contributed by atoms with Crippen LogP contribution in [0.25, 0.3) is 0 Å². The predicted molar refractivity (Wildman–Crippen MR) is 107 cm³/mol. The number of benzene rings is 2. The molecule has 0 radical (unpaired) electrons. The van der Waals surface area contributed by atoms with Crippen molar-refractivity contribution >= 4 is 33.7 Å². The number of rotatable bonds is 8. The van der Waals surface area contributed by atoms with Gasteiger partial charge in [0, 0.05) is 12.1 Å². The van der Waals surface area contributed by atoms with Crippen LogP contribution in [0.15, 0.2) is 39.9 Å². The van der Waals surface area contributed by atoms with Gasteiger partial charge in [0.25, 0.3) is 11.6 Å². The minimum atomic E-state index is -0.644. The SMILES string of the molecule is CCOc1cc(/C=N\NC(=O)c2cc([N+](=O)[O-])ccc2OC)cc(Br)c1OC. The van der Waals surface area contributed by atoms with E-state index in [1.165, 1.54) is 32.6 Å². The van der Waals surface area contributed by atoms with E-state index in [9.17, 15) is 14.9 Å². The molecule has 10 heteroatoms. The quantitative estimate of drug-likeness (QED) is 0.373. The van der Waals surface area contributed by atoms with Crippen molar-refractivity contribution in [1.82, 2.24) is 5.43 Å². The molecule has 0 spiro atoms. The molecule has 0 aliphatic heterocycles. The van der Waals surface area contributed by atoms with Crippen LogP contribution in [0.3, 0.4) is 0 Å². The van der Waals surface area contributed by atoms with E-state index in [4.69, 9.17) is 14.2 Å². The first-order valence-electron chi connectivity index (χ1n) is 8.07. The van der Waals surface area contributed by atoms with Gasteiger partial charge >= 0.3 is 0 Å². The molecule has 0 heterocycles. The molecule has 0 bridgehead atoms. The van der Waals surface area contributed by atoms with Crippen LogP contribution in [0.5, 0.6) is 17.2 Å². The van der Waals surface area contributed by atoms with Gasteiger partial charge in [0.1, 0.15) is 5.75 Å². The predicted octanol–water partition coefficient (Wildman–Crippen LogP) is 3.54. The maximum absolute atomic E-state index is 12.3. The fraction of sp³-hybridized carbons (Fsp3) is 0.222. The van der Waals surface area contributed by atoms with Gasteiger partial charge in [-0.15, -0.1) is 0 Å². The van der Waals surface area contributed by atoms with Crippen molar-refractivity contribution < 1.29 is 23.9 Å². The third kappa shape index (κ3) is 4.97. The molecule has 0 fully saturated rings. The van der Waals surface area contributed by atoms with Crippen molar-refractivity contribution in [2.45, 2.75) is 6.92 Å². The topological polar surface area (TPSA) is 112 Å². The first-order chi connectivity index (χ1) is 13.4. The Morgan fingerprint density at radius 2 is 2.00 bits per heavy atom. The summed E-state index contributed by atoms with van der Waals surface area (Å²) in [4.78, 5) is 22.7. The van der Waals surface area contributed by atoms with Crippen LogP contribution >= 0.6 is 15.9 Å². The normalized spacial score (nSPS) is 10.6. The van der Waals surface area contributed by atoms with Crippen molar-refractivity contribution in [1.29, 1.82) is 0 Å². The zero-order valence-electron chi connectivity index (χ0n) is 15.4. The molecule has 0 unspecified atom stereocenters. The lowest BCUT2D eigenvalue weighted by molar-refractivity contribution is -0.384. The van der Waals surface area contributed by atoms with Crippen LogP contribution in [0.2, 0.25) is 0 Å². The smallest absolute Gasteiger partial charge is 0.275 e. The van der Waals surface area contributed by atoms with Crippen LogP contribution in [-0.2, 0) is 0 Å². The second-order valence-corrected chi connectivity index (χ2v) is 6.16. The van der Waals surface area contributed by atoms with Gasteiger partial charge in [0.15, 0.2) is 11.5 Å². The van der Waals surface area contributed by atoms with Crippen molar-refractivity contribution in [2.24, 2.45) is 5.10 Å². The van der Waals surface area contributed by atoms with Crippen molar-refractivity contribution in [3.8, 4) is 17.2 Å². The molecule has 148 valence electrons. The fourth-order valence-corrected chi connectivity index (χ4v) is 2.96. The number of carbonyl (C=O) groups is 1. The largest absolute Gasteiger partial charge is 0.496 e. The first-order valence-corrected chi connectivity index (χ1v) is 8.86. The minimum absolute atomic E-state index is 0.000216. The molecule has 1 amide bonds. The van der Waals surface area contributed by atoms with Gasteiger partial charge in [-0.2, -0.15) is 5.10 Å². The molecule has 1 N–H and O–H groups in total. The van der Waals surface area contributed by atoms with E-state index in [1.54, 1.807) is 12.1 Å². The molecule has 28 heavy (non-hydrogen) atoms. The van der Waals surface area contributed by atoms with Crippen LogP contribution in [0, 0.1) is 10.1 Å². The van der Waals surface area contributed by atoms with E-state index >= 15 is 0 Å². The summed E-state index contributed by atoms with van der Waals surface area (Å²) in [6.45, 7) is 2.30. The highest BCUT2D eigenvalue weighted by atomic mass is 79.9. The highest BCUT2D eigenvalue weighted by Gasteiger charge is 2.17. The Bertz CT molecular complexity index is 916. The van der Waals surface area contributed by atoms with E-state index in [0.717, 1.165) is 6.07 Å². The lowest BCUT2D eigenvalue weighted by Gasteiger charge is -2.11. The number of amides is 1. The van der Waals surface area contributed by atoms with Crippen molar-refractivity contribution in [3.63, 3.8) is 0 Å². The standard InChI is InChI=1S/C18H18BrN3O6/c1-4-28-16-8-11(7-14(19)17(16)27-3)10-20-21-18(23)13-9-12(22(24)25)5-6-15(13)26-2/h5-10H,4H2,1-3H3,(H,21,23)/b20-10-. The summed E-state index contributed by atoms with van der Waals surface area (Å²) in [6, 6.07) is 7.18. The maximum Gasteiger partial charge on any atom is 0.275 e. The molecule has 0 aromatic heterocycles. The van der Waals surface area contributed by atoms with Crippen molar-refractivity contribution in [3.05, 3.63) is 56.0 Å². The summed E-state index contributed by atoms with van der Waals surface area (Å²) in [5.74, 6) is 0.621. The summed E-state index contributed by atoms with van der Waals surface area (Å²) in [6.07, 6.45) is 1.41. The van der Waals surface area contributed by atoms with Crippen LogP contribution < -0.4 is 19.6 Å². The lowest BCUT2D eigenvalue weighted by Crippen LogP contribution is -2.18. The summed E-state index contributed by atoms with van der Waals surface area (Å²) in [5.41, 5.74) is 2.74. The van der Waals surface area contributed by atoms with Gasteiger partial charge in [-0.25, -0.2) is 5.43 Å². The van der Waals surface area contributed by atoms with Gasteiger partial charge in [-0.1, -0.05) is 0 Å². The number of ether oxygens (including phenoxy) is 3. The number of hydrazone groups is 1. The number of carbonyl (C=O) groups excluding carboxylic acids is 1. The highest BCUT2D eigenvalue weighted by molar-refractivity contribution is 9.10. The van der Waals surface area contributed by atoms with Gasteiger partial charge in [-0.05, 0) is 46.6 Å². The first kappa shape index (κ1) is 21.2. The molecule has 0 aliphatic carbocycles. The Kier molecular flexibility index (Phi) is 7.33. The number of methoxy groups -OCH3 is 2. The average molecular weight is 452 g/mol. The lowest BCUT2D eigenvalue weighted by atomic mass is 10.1. The Labute approximate surface area is 169 Å².